The summed E-state index contributed by atoms with van der Waals surface area (Å²) in [5.41, 5.74) is 4.53. The first-order valence-electron chi connectivity index (χ1n) is 8.44. The molecule has 0 fully saturated rings. The molecule has 3 aromatic heterocycles. The number of primary amides is 1. The van der Waals surface area contributed by atoms with Crippen LogP contribution >= 0.6 is 0 Å². The van der Waals surface area contributed by atoms with Gasteiger partial charge in [0.2, 0.25) is 11.8 Å². The van der Waals surface area contributed by atoms with Crippen LogP contribution in [0.15, 0.2) is 41.5 Å². The lowest BCUT2D eigenvalue weighted by atomic mass is 10.1. The fourth-order valence-corrected chi connectivity index (χ4v) is 2.85. The third kappa shape index (κ3) is 4.40. The van der Waals surface area contributed by atoms with E-state index in [2.05, 4.69) is 10.3 Å². The zero-order valence-electron chi connectivity index (χ0n) is 15.1. The van der Waals surface area contributed by atoms with E-state index in [9.17, 15) is 27.9 Å². The minimum atomic E-state index is -4.67. The summed E-state index contributed by atoms with van der Waals surface area (Å²) >= 11 is 0. The van der Waals surface area contributed by atoms with E-state index in [4.69, 9.17) is 10.2 Å². The highest BCUT2D eigenvalue weighted by atomic mass is 19.4. The number of imidazole rings is 1. The molecule has 3 rings (SSSR count). The number of amides is 2. The Bertz CT molecular complexity index is 1040. The number of halogens is 3. The molecule has 8 nitrogen and oxygen atoms in total. The number of nitrogens with two attached hydrogens (primary N) is 1. The van der Waals surface area contributed by atoms with Crippen molar-refractivity contribution in [2.45, 2.75) is 31.7 Å². The van der Waals surface area contributed by atoms with Gasteiger partial charge in [-0.2, -0.15) is 13.2 Å². The lowest BCUT2D eigenvalue weighted by Gasteiger charge is -2.17. The van der Waals surface area contributed by atoms with Crippen molar-refractivity contribution in [3.8, 4) is 11.1 Å². The van der Waals surface area contributed by atoms with Crippen LogP contribution in [0.2, 0.25) is 0 Å². The molecular formula is C18H17F3N4O4. The van der Waals surface area contributed by atoms with E-state index in [1.807, 2.05) is 0 Å². The molecule has 29 heavy (non-hydrogen) atoms. The molecule has 0 spiro atoms. The van der Waals surface area contributed by atoms with Gasteiger partial charge in [-0.1, -0.05) is 0 Å². The van der Waals surface area contributed by atoms with Gasteiger partial charge in [0.25, 0.3) is 0 Å². The summed E-state index contributed by atoms with van der Waals surface area (Å²) in [6.45, 7) is 1.27. The molecule has 0 saturated heterocycles. The average molecular weight is 410 g/mol. The first kappa shape index (κ1) is 20.4. The molecule has 0 aliphatic heterocycles. The summed E-state index contributed by atoms with van der Waals surface area (Å²) in [7, 11) is 0. The van der Waals surface area contributed by atoms with Crippen molar-refractivity contribution in [2.24, 2.45) is 5.73 Å². The van der Waals surface area contributed by atoms with Crippen LogP contribution in [0.3, 0.4) is 0 Å². The van der Waals surface area contributed by atoms with Gasteiger partial charge >= 0.3 is 6.18 Å². The Hall–Kier alpha value is -3.34. The van der Waals surface area contributed by atoms with Gasteiger partial charge in [-0.3, -0.25) is 9.59 Å². The Morgan fingerprint density at radius 2 is 2.07 bits per heavy atom. The zero-order chi connectivity index (χ0) is 21.3. The first-order valence-corrected chi connectivity index (χ1v) is 8.44. The summed E-state index contributed by atoms with van der Waals surface area (Å²) < 4.78 is 46.7. The number of fused-ring (bicyclic) bond motifs is 1. The van der Waals surface area contributed by atoms with E-state index in [0.29, 0.717) is 5.56 Å². The Kier molecular flexibility index (Phi) is 5.33. The summed E-state index contributed by atoms with van der Waals surface area (Å²) in [5, 5.41) is 11.7. The number of rotatable bonds is 6. The Labute approximate surface area is 162 Å². The molecule has 2 amide bonds. The summed E-state index contributed by atoms with van der Waals surface area (Å²) in [6, 6.07) is 1.15. The normalized spacial score (nSPS) is 14.0. The number of pyridine rings is 1. The van der Waals surface area contributed by atoms with Gasteiger partial charge in [-0.25, -0.2) is 4.98 Å². The average Bonchev–Trinajstić information content (AvgIpc) is 3.26. The van der Waals surface area contributed by atoms with E-state index >= 15 is 0 Å². The number of carbonyl (C=O) groups excluding carboxylic acids is 2. The SMILES string of the molecule is CC(O)C(NC(=O)Cc1cn2cc(-c3ccoc3)cc(C(F)(F)F)c2n1)C(N)=O. The fraction of sp³-hybridized carbons (Fsp3) is 0.278. The highest BCUT2D eigenvalue weighted by Gasteiger charge is 2.35. The van der Waals surface area contributed by atoms with E-state index in [0.717, 1.165) is 6.07 Å². The Morgan fingerprint density at radius 3 is 2.62 bits per heavy atom. The van der Waals surface area contributed by atoms with Gasteiger partial charge in [0.1, 0.15) is 11.7 Å². The first-order chi connectivity index (χ1) is 13.6. The van der Waals surface area contributed by atoms with Crippen LogP contribution in [0, 0.1) is 0 Å². The molecule has 2 atom stereocenters. The number of furan rings is 1. The number of aromatic nitrogens is 2. The van der Waals surface area contributed by atoms with Crippen LogP contribution in [0.4, 0.5) is 13.2 Å². The Balaban J connectivity index is 1.95. The maximum Gasteiger partial charge on any atom is 0.420 e. The molecule has 0 aliphatic rings. The summed E-state index contributed by atoms with van der Waals surface area (Å²) in [4.78, 5) is 27.3. The van der Waals surface area contributed by atoms with Crippen molar-refractivity contribution < 1.29 is 32.3 Å². The van der Waals surface area contributed by atoms with Crippen LogP contribution in [-0.4, -0.2) is 38.5 Å². The van der Waals surface area contributed by atoms with Gasteiger partial charge in [-0.05, 0) is 19.1 Å². The van der Waals surface area contributed by atoms with E-state index in [-0.39, 0.29) is 16.9 Å². The molecule has 4 N–H and O–H groups in total. The molecule has 3 heterocycles. The van der Waals surface area contributed by atoms with Gasteiger partial charge < -0.3 is 25.0 Å². The second-order valence-corrected chi connectivity index (χ2v) is 6.48. The van der Waals surface area contributed by atoms with Crippen LogP contribution in [0.5, 0.6) is 0 Å². The van der Waals surface area contributed by atoms with Crippen molar-refractivity contribution in [3.63, 3.8) is 0 Å². The molecule has 154 valence electrons. The van der Waals surface area contributed by atoms with E-state index < -0.39 is 42.1 Å². The summed E-state index contributed by atoms with van der Waals surface area (Å²) in [6.07, 6.45) is -0.931. The van der Waals surface area contributed by atoms with Gasteiger partial charge in [0, 0.05) is 23.5 Å². The zero-order valence-corrected chi connectivity index (χ0v) is 15.1. The third-order valence-corrected chi connectivity index (χ3v) is 4.21. The highest BCUT2D eigenvalue weighted by molar-refractivity contribution is 5.87. The van der Waals surface area contributed by atoms with Crippen LogP contribution in [0.25, 0.3) is 16.8 Å². The number of alkyl halides is 3. The molecule has 0 aliphatic carbocycles. The maximum absolute atomic E-state index is 13.5. The number of carbonyl (C=O) groups is 2. The Morgan fingerprint density at radius 1 is 1.34 bits per heavy atom. The number of hydrogen-bond acceptors (Lipinski definition) is 5. The molecule has 0 aromatic carbocycles. The number of aliphatic hydroxyl groups excluding tert-OH is 1. The van der Waals surface area contributed by atoms with Crippen LogP contribution in [-0.2, 0) is 22.2 Å². The van der Waals surface area contributed by atoms with E-state index in [1.54, 1.807) is 0 Å². The number of nitrogens with zero attached hydrogens (tertiary/aromatic N) is 2. The quantitative estimate of drug-likeness (QED) is 0.569. The predicted molar refractivity (Wildman–Crippen MR) is 94.4 cm³/mol. The lowest BCUT2D eigenvalue weighted by Crippen LogP contribution is -2.51. The van der Waals surface area contributed by atoms with Crippen molar-refractivity contribution in [1.29, 1.82) is 0 Å². The van der Waals surface area contributed by atoms with Crippen molar-refractivity contribution in [1.82, 2.24) is 14.7 Å². The maximum atomic E-state index is 13.5. The van der Waals surface area contributed by atoms with Crippen molar-refractivity contribution in [3.05, 3.63) is 48.3 Å². The number of hydrogen-bond donors (Lipinski definition) is 3. The second kappa shape index (κ2) is 7.59. The molecule has 0 bridgehead atoms. The largest absolute Gasteiger partial charge is 0.472 e. The van der Waals surface area contributed by atoms with Crippen LogP contribution in [0.1, 0.15) is 18.2 Å². The van der Waals surface area contributed by atoms with Crippen LogP contribution < -0.4 is 11.1 Å². The monoisotopic (exact) mass is 410 g/mol. The van der Waals surface area contributed by atoms with E-state index in [1.165, 1.54) is 42.3 Å². The minimum Gasteiger partial charge on any atom is -0.472 e. The topological polar surface area (TPSA) is 123 Å². The fourth-order valence-electron chi connectivity index (χ4n) is 2.85. The standard InChI is InChI=1S/C18H17F3N4O4/c1-9(26)15(16(22)28)24-14(27)5-12-7-25-6-11(10-2-3-29-8-10)4-13(17(25)23-12)18(19,20)21/h2-4,6-9,15,26H,5H2,1H3,(H2,22,28)(H,24,27). The smallest absolute Gasteiger partial charge is 0.420 e. The molecule has 0 saturated carbocycles. The summed E-state index contributed by atoms with van der Waals surface area (Å²) in [5.74, 6) is -1.66. The lowest BCUT2D eigenvalue weighted by molar-refractivity contribution is -0.136. The highest BCUT2D eigenvalue weighted by Crippen LogP contribution is 2.35. The van der Waals surface area contributed by atoms with Gasteiger partial charge in [0.15, 0.2) is 0 Å². The molecular weight excluding hydrogens is 393 g/mol. The molecule has 3 aromatic rings. The van der Waals surface area contributed by atoms with Gasteiger partial charge in [-0.15, -0.1) is 0 Å². The second-order valence-electron chi connectivity index (χ2n) is 6.48. The number of aliphatic hydroxyl groups is 1. The molecule has 11 heteroatoms. The van der Waals surface area contributed by atoms with Crippen molar-refractivity contribution in [2.75, 3.05) is 0 Å². The predicted octanol–water partition coefficient (Wildman–Crippen LogP) is 1.51. The number of nitrogens with one attached hydrogen (secondary N) is 1. The minimum absolute atomic E-state index is 0.0474. The molecule has 0 radical (unpaired) electrons. The van der Waals surface area contributed by atoms with Crippen molar-refractivity contribution >= 4 is 17.5 Å². The molecule has 2 unspecified atom stereocenters. The van der Waals surface area contributed by atoms with Gasteiger partial charge in [0.05, 0.1) is 36.3 Å². The third-order valence-electron chi connectivity index (χ3n) is 4.21.